The lowest BCUT2D eigenvalue weighted by Crippen LogP contribution is -2.31. The molecule has 0 saturated carbocycles. The van der Waals surface area contributed by atoms with E-state index in [0.29, 0.717) is 29.2 Å². The highest BCUT2D eigenvalue weighted by Crippen LogP contribution is 2.39. The Balaban J connectivity index is 1.83. The van der Waals surface area contributed by atoms with Crippen LogP contribution in [-0.2, 0) is 27.3 Å². The minimum atomic E-state index is -0.364. The average Bonchev–Trinajstić information content (AvgIpc) is 2.95. The number of aryl methyl sites for hydroxylation is 1. The molecule has 0 saturated heterocycles. The zero-order valence-electron chi connectivity index (χ0n) is 19.8. The Morgan fingerprint density at radius 2 is 1.60 bits per heavy atom. The fourth-order valence-electron chi connectivity index (χ4n) is 4.11. The molecule has 178 valence electrons. The predicted molar refractivity (Wildman–Crippen MR) is 135 cm³/mol. The molecule has 7 heteroatoms. The van der Waals surface area contributed by atoms with Gasteiger partial charge < -0.3 is 15.0 Å². The van der Waals surface area contributed by atoms with E-state index in [4.69, 9.17) is 0 Å². The molecule has 4 rings (SSSR count). The average molecular weight is 470 g/mol. The maximum absolute atomic E-state index is 13.3. The van der Waals surface area contributed by atoms with E-state index in [1.54, 1.807) is 47.4 Å². The van der Waals surface area contributed by atoms with Crippen molar-refractivity contribution in [1.82, 2.24) is 5.32 Å². The van der Waals surface area contributed by atoms with Crippen LogP contribution in [0.2, 0.25) is 0 Å². The molecule has 3 amide bonds. The number of anilines is 3. The molecule has 0 spiro atoms. The monoisotopic (exact) mass is 469 g/mol. The number of hydrogen-bond donors (Lipinski definition) is 1. The summed E-state index contributed by atoms with van der Waals surface area (Å²) >= 11 is 0. The third kappa shape index (κ3) is 5.14. The van der Waals surface area contributed by atoms with Crippen molar-refractivity contribution in [2.75, 3.05) is 16.3 Å². The van der Waals surface area contributed by atoms with Crippen LogP contribution in [-0.4, -0.2) is 30.6 Å². The molecular formula is C28H27N3O4. The van der Waals surface area contributed by atoms with Gasteiger partial charge in [0.15, 0.2) is 0 Å². The molecule has 1 heterocycles. The molecule has 0 bridgehead atoms. The van der Waals surface area contributed by atoms with Gasteiger partial charge in [-0.05, 0) is 55.3 Å². The number of nitrogens with zero attached hydrogens (tertiary/aromatic N) is 2. The maximum atomic E-state index is 13.3. The first-order valence-electron chi connectivity index (χ1n) is 11.5. The van der Waals surface area contributed by atoms with Crippen molar-refractivity contribution in [3.05, 3.63) is 89.0 Å². The SMILES string of the molecule is CCNC(=O)c1ccc2c(c1)N(Cc1ccc(C)cc1)C(=O)CC(=O)N2c1ccc(CC=O)cc1. The maximum Gasteiger partial charge on any atom is 0.251 e. The predicted octanol–water partition coefficient (Wildman–Crippen LogP) is 4.09. The van der Waals surface area contributed by atoms with Crippen LogP contribution in [0.3, 0.4) is 0 Å². The molecule has 1 aliphatic rings. The summed E-state index contributed by atoms with van der Waals surface area (Å²) in [7, 11) is 0. The summed E-state index contributed by atoms with van der Waals surface area (Å²) in [4.78, 5) is 53.2. The lowest BCUT2D eigenvalue weighted by Gasteiger charge is -2.26. The molecule has 35 heavy (non-hydrogen) atoms. The van der Waals surface area contributed by atoms with E-state index in [2.05, 4.69) is 5.32 Å². The van der Waals surface area contributed by atoms with Crippen LogP contribution in [0.5, 0.6) is 0 Å². The van der Waals surface area contributed by atoms with Crippen LogP contribution in [0.1, 0.15) is 40.4 Å². The van der Waals surface area contributed by atoms with Gasteiger partial charge in [0.2, 0.25) is 11.8 Å². The Bertz CT molecular complexity index is 1270. The van der Waals surface area contributed by atoms with Crippen LogP contribution in [0.25, 0.3) is 0 Å². The van der Waals surface area contributed by atoms with Crippen molar-refractivity contribution in [2.45, 2.75) is 33.2 Å². The van der Waals surface area contributed by atoms with E-state index in [-0.39, 0.29) is 37.1 Å². The largest absolute Gasteiger partial charge is 0.352 e. The lowest BCUT2D eigenvalue weighted by atomic mass is 10.1. The second-order valence-electron chi connectivity index (χ2n) is 8.47. The van der Waals surface area contributed by atoms with Crippen molar-refractivity contribution >= 4 is 41.1 Å². The van der Waals surface area contributed by atoms with E-state index < -0.39 is 0 Å². The minimum Gasteiger partial charge on any atom is -0.352 e. The Hall–Kier alpha value is -4.26. The summed E-state index contributed by atoms with van der Waals surface area (Å²) in [5, 5.41) is 2.78. The number of carbonyl (C=O) groups excluding carboxylic acids is 4. The molecule has 0 unspecified atom stereocenters. The van der Waals surface area contributed by atoms with E-state index in [1.807, 2.05) is 38.1 Å². The molecule has 0 aliphatic carbocycles. The number of aldehydes is 1. The van der Waals surface area contributed by atoms with Crippen molar-refractivity contribution < 1.29 is 19.2 Å². The van der Waals surface area contributed by atoms with E-state index in [9.17, 15) is 19.2 Å². The Morgan fingerprint density at radius 1 is 0.914 bits per heavy atom. The van der Waals surface area contributed by atoms with Crippen molar-refractivity contribution in [1.29, 1.82) is 0 Å². The molecule has 7 nitrogen and oxygen atoms in total. The molecule has 3 aromatic carbocycles. The first-order chi connectivity index (χ1) is 16.9. The molecule has 0 radical (unpaired) electrons. The fraction of sp³-hybridized carbons (Fsp3) is 0.214. The molecule has 0 atom stereocenters. The highest BCUT2D eigenvalue weighted by molar-refractivity contribution is 6.18. The third-order valence-electron chi connectivity index (χ3n) is 5.93. The molecule has 3 aromatic rings. The van der Waals surface area contributed by atoms with Crippen LogP contribution in [0.15, 0.2) is 66.7 Å². The molecule has 1 N–H and O–H groups in total. The summed E-state index contributed by atoms with van der Waals surface area (Å²) in [5.41, 5.74) is 4.84. The van der Waals surface area contributed by atoms with Gasteiger partial charge in [-0.1, -0.05) is 42.0 Å². The third-order valence-corrected chi connectivity index (χ3v) is 5.93. The number of carbonyl (C=O) groups is 4. The van der Waals surface area contributed by atoms with E-state index in [0.717, 1.165) is 23.0 Å². The number of amides is 3. The Kier molecular flexibility index (Phi) is 7.06. The Morgan fingerprint density at radius 3 is 2.26 bits per heavy atom. The van der Waals surface area contributed by atoms with Gasteiger partial charge in [0.05, 0.1) is 17.9 Å². The first kappa shape index (κ1) is 23.9. The molecule has 0 aromatic heterocycles. The summed E-state index contributed by atoms with van der Waals surface area (Å²) in [5.74, 6) is -0.958. The van der Waals surface area contributed by atoms with Crippen molar-refractivity contribution in [2.24, 2.45) is 0 Å². The number of fused-ring (bicyclic) bond motifs is 1. The summed E-state index contributed by atoms with van der Waals surface area (Å²) < 4.78 is 0. The van der Waals surface area contributed by atoms with Gasteiger partial charge >= 0.3 is 0 Å². The Labute approximate surface area is 204 Å². The van der Waals surface area contributed by atoms with Gasteiger partial charge in [0.25, 0.3) is 5.91 Å². The number of nitrogens with one attached hydrogen (secondary N) is 1. The topological polar surface area (TPSA) is 86.8 Å². The van der Waals surface area contributed by atoms with Gasteiger partial charge in [-0.15, -0.1) is 0 Å². The van der Waals surface area contributed by atoms with Gasteiger partial charge in [-0.2, -0.15) is 0 Å². The summed E-state index contributed by atoms with van der Waals surface area (Å²) in [6, 6.07) is 20.0. The standard InChI is InChI=1S/C28H27N3O4/c1-3-29-28(35)22-10-13-24-25(16-22)30(18-21-6-4-19(2)5-7-21)26(33)17-27(34)31(24)23-11-8-20(9-12-23)14-15-32/h4-13,15-16H,3,14,17-18H2,1-2H3,(H,29,35). The zero-order valence-corrected chi connectivity index (χ0v) is 19.8. The zero-order chi connectivity index (χ0) is 24.9. The second-order valence-corrected chi connectivity index (χ2v) is 8.47. The number of rotatable bonds is 7. The van der Waals surface area contributed by atoms with Gasteiger partial charge in [-0.3, -0.25) is 19.3 Å². The van der Waals surface area contributed by atoms with E-state index in [1.165, 1.54) is 4.90 Å². The molecular weight excluding hydrogens is 442 g/mol. The van der Waals surface area contributed by atoms with E-state index >= 15 is 0 Å². The molecule has 0 fully saturated rings. The van der Waals surface area contributed by atoms with Crippen LogP contribution in [0.4, 0.5) is 17.1 Å². The van der Waals surface area contributed by atoms with Crippen LogP contribution in [0, 0.1) is 6.92 Å². The highest BCUT2D eigenvalue weighted by atomic mass is 16.2. The normalized spacial score (nSPS) is 13.3. The van der Waals surface area contributed by atoms with Crippen LogP contribution < -0.4 is 15.1 Å². The van der Waals surface area contributed by atoms with Crippen LogP contribution >= 0.6 is 0 Å². The van der Waals surface area contributed by atoms with Gasteiger partial charge in [0, 0.05) is 24.2 Å². The smallest absolute Gasteiger partial charge is 0.251 e. The highest BCUT2D eigenvalue weighted by Gasteiger charge is 2.33. The van der Waals surface area contributed by atoms with Crippen molar-refractivity contribution in [3.8, 4) is 0 Å². The number of hydrogen-bond acceptors (Lipinski definition) is 4. The van der Waals surface area contributed by atoms with Crippen molar-refractivity contribution in [3.63, 3.8) is 0 Å². The minimum absolute atomic E-state index is 0.252. The van der Waals surface area contributed by atoms with Gasteiger partial charge in [0.1, 0.15) is 12.7 Å². The summed E-state index contributed by atoms with van der Waals surface area (Å²) in [6.45, 7) is 4.57. The summed E-state index contributed by atoms with van der Waals surface area (Å²) in [6.07, 6.45) is 0.794. The van der Waals surface area contributed by atoms with Gasteiger partial charge in [-0.25, -0.2) is 0 Å². The fourth-order valence-corrected chi connectivity index (χ4v) is 4.11. The lowest BCUT2D eigenvalue weighted by molar-refractivity contribution is -0.125. The quantitative estimate of drug-likeness (QED) is 0.417. The second kappa shape index (κ2) is 10.3. The first-order valence-corrected chi connectivity index (χ1v) is 11.5. The molecule has 1 aliphatic heterocycles. The number of benzene rings is 3.